The Morgan fingerprint density at radius 2 is 1.66 bits per heavy atom. The van der Waals surface area contributed by atoms with Gasteiger partial charge in [0.05, 0.1) is 29.4 Å². The van der Waals surface area contributed by atoms with Gasteiger partial charge in [-0.15, -0.1) is 0 Å². The predicted molar refractivity (Wildman–Crippen MR) is 192 cm³/mol. The Morgan fingerprint density at radius 3 is 2.30 bits per heavy atom. The van der Waals surface area contributed by atoms with Crippen molar-refractivity contribution in [3.63, 3.8) is 0 Å². The van der Waals surface area contributed by atoms with Crippen LogP contribution in [0.5, 0.6) is 0 Å². The summed E-state index contributed by atoms with van der Waals surface area (Å²) >= 11 is 0. The smallest absolute Gasteiger partial charge is 0.293 e. The summed E-state index contributed by atoms with van der Waals surface area (Å²) in [6.07, 6.45) is 1.70. The predicted octanol–water partition coefficient (Wildman–Crippen LogP) is 6.79. The number of hydrogen-bond donors (Lipinski definition) is 3. The molecule has 4 aromatic carbocycles. The highest BCUT2D eigenvalue weighted by Gasteiger charge is 2.24. The molecule has 0 bridgehead atoms. The first kappa shape index (κ1) is 33.0. The summed E-state index contributed by atoms with van der Waals surface area (Å²) in [4.78, 5) is 35.8. The van der Waals surface area contributed by atoms with Crippen molar-refractivity contribution in [2.24, 2.45) is 7.05 Å². The second kappa shape index (κ2) is 13.5. The lowest BCUT2D eigenvalue weighted by Gasteiger charge is -2.26. The van der Waals surface area contributed by atoms with Gasteiger partial charge in [-0.3, -0.25) is 14.5 Å². The van der Waals surface area contributed by atoms with E-state index in [0.717, 1.165) is 28.1 Å². The van der Waals surface area contributed by atoms with Crippen LogP contribution in [0.3, 0.4) is 0 Å². The Bertz CT molecular complexity index is 1950. The van der Waals surface area contributed by atoms with Crippen molar-refractivity contribution in [1.82, 2.24) is 9.55 Å². The second-order valence-corrected chi connectivity index (χ2v) is 12.7. The molecule has 5 rings (SSSR count). The third kappa shape index (κ3) is 7.05. The molecule has 0 radical (unpaired) electrons. The van der Waals surface area contributed by atoms with Gasteiger partial charge < -0.3 is 25.6 Å². The van der Waals surface area contributed by atoms with Gasteiger partial charge in [0, 0.05) is 49.3 Å². The molecule has 0 aliphatic rings. The van der Waals surface area contributed by atoms with Crippen molar-refractivity contribution in [3.05, 3.63) is 124 Å². The van der Waals surface area contributed by atoms with Gasteiger partial charge in [-0.25, -0.2) is 4.98 Å². The van der Waals surface area contributed by atoms with Gasteiger partial charge in [-0.05, 0) is 72.0 Å². The lowest BCUT2D eigenvalue weighted by Crippen LogP contribution is -2.27. The summed E-state index contributed by atoms with van der Waals surface area (Å²) in [5.74, 6) is -0.0149. The number of nitrogen functional groups attached to an aromatic ring is 1. The fourth-order valence-corrected chi connectivity index (χ4v) is 5.53. The number of nitrogens with zero attached hydrogens (tertiary/aromatic N) is 4. The highest BCUT2D eigenvalue weighted by Crippen LogP contribution is 2.36. The van der Waals surface area contributed by atoms with Gasteiger partial charge in [-0.2, -0.15) is 0 Å². The lowest BCUT2D eigenvalue weighted by atomic mass is 9.86. The number of aliphatic hydroxyl groups is 1. The van der Waals surface area contributed by atoms with Crippen molar-refractivity contribution < 1.29 is 9.90 Å². The standard InChI is InChI=1S/C38H42N6O3/c1-25-30(32-24-43(6)37(47)35(41-32)40-28-19-20-34(31(39)23-28)42(5)21-22-45)13-10-14-33(25)44(29-11-8-7-9-12-29)36(46)26-15-17-27(18-16-26)38(2,3)4/h7-20,23-24,45H,21-22,39H2,1-6H3,(H,40,41). The monoisotopic (exact) mass is 630 g/mol. The number of anilines is 6. The number of benzene rings is 4. The van der Waals surface area contributed by atoms with Gasteiger partial charge in [0.15, 0.2) is 5.82 Å². The lowest BCUT2D eigenvalue weighted by molar-refractivity contribution is 0.0999. The Labute approximate surface area is 275 Å². The highest BCUT2D eigenvalue weighted by molar-refractivity contribution is 6.11. The van der Waals surface area contributed by atoms with Crippen LogP contribution in [-0.4, -0.2) is 40.8 Å². The molecule has 1 aromatic heterocycles. The maximum absolute atomic E-state index is 14.2. The number of rotatable bonds is 9. The van der Waals surface area contributed by atoms with E-state index in [9.17, 15) is 14.7 Å². The molecule has 9 heteroatoms. The largest absolute Gasteiger partial charge is 0.397 e. The van der Waals surface area contributed by atoms with Crippen molar-refractivity contribution in [3.8, 4) is 11.3 Å². The average molecular weight is 631 g/mol. The molecule has 5 aromatic rings. The minimum Gasteiger partial charge on any atom is -0.397 e. The van der Waals surface area contributed by atoms with Crippen LogP contribution in [0.2, 0.25) is 0 Å². The number of carbonyl (C=O) groups excluding carboxylic acids is 1. The second-order valence-electron chi connectivity index (χ2n) is 12.7. The maximum Gasteiger partial charge on any atom is 0.293 e. The van der Waals surface area contributed by atoms with E-state index in [4.69, 9.17) is 10.7 Å². The number of likely N-dealkylation sites (N-methyl/N-ethyl adjacent to an activating group) is 1. The Balaban J connectivity index is 1.54. The minimum absolute atomic E-state index is 0.00508. The van der Waals surface area contributed by atoms with Crippen LogP contribution < -0.4 is 26.4 Å². The van der Waals surface area contributed by atoms with Gasteiger partial charge in [0.1, 0.15) is 0 Å². The number of amides is 1. The van der Waals surface area contributed by atoms with Gasteiger partial charge >= 0.3 is 0 Å². The Kier molecular flexibility index (Phi) is 9.49. The van der Waals surface area contributed by atoms with Crippen LogP contribution in [-0.2, 0) is 12.5 Å². The SMILES string of the molecule is Cc1c(-c2cn(C)c(=O)c(Nc3ccc(N(C)CCO)c(N)c3)n2)cccc1N(C(=O)c1ccc(C(C)(C)C)cc1)c1ccccc1. The van der Waals surface area contributed by atoms with Crippen molar-refractivity contribution >= 4 is 40.2 Å². The molecule has 0 spiro atoms. The number of para-hydroxylation sites is 1. The summed E-state index contributed by atoms with van der Waals surface area (Å²) in [5.41, 5.74) is 13.2. The third-order valence-corrected chi connectivity index (χ3v) is 8.25. The molecule has 0 unspecified atom stereocenters. The average Bonchev–Trinajstić information content (AvgIpc) is 3.04. The zero-order valence-electron chi connectivity index (χ0n) is 27.8. The summed E-state index contributed by atoms with van der Waals surface area (Å²) < 4.78 is 1.49. The van der Waals surface area contributed by atoms with Crippen LogP contribution in [0.4, 0.5) is 34.3 Å². The topological polar surface area (TPSA) is 117 Å². The fraction of sp³-hybridized carbons (Fsp3) is 0.237. The number of aryl methyl sites for hydroxylation is 1. The molecular weight excluding hydrogens is 588 g/mol. The number of carbonyl (C=O) groups is 1. The molecule has 4 N–H and O–H groups in total. The van der Waals surface area contributed by atoms with E-state index >= 15 is 0 Å². The van der Waals surface area contributed by atoms with Crippen LogP contribution >= 0.6 is 0 Å². The zero-order valence-corrected chi connectivity index (χ0v) is 27.8. The van der Waals surface area contributed by atoms with Crippen LogP contribution in [0.25, 0.3) is 11.3 Å². The molecule has 0 saturated heterocycles. The number of nitrogens with one attached hydrogen (secondary N) is 1. The quantitative estimate of drug-likeness (QED) is 0.154. The van der Waals surface area contributed by atoms with Gasteiger partial charge in [0.2, 0.25) is 0 Å². The van der Waals surface area contributed by atoms with Crippen LogP contribution in [0.1, 0.15) is 42.3 Å². The molecule has 9 nitrogen and oxygen atoms in total. The van der Waals surface area contributed by atoms with E-state index in [1.54, 1.807) is 24.2 Å². The van der Waals surface area contributed by atoms with Crippen LogP contribution in [0, 0.1) is 6.92 Å². The highest BCUT2D eigenvalue weighted by atomic mass is 16.3. The molecule has 47 heavy (non-hydrogen) atoms. The number of aromatic nitrogens is 2. The third-order valence-electron chi connectivity index (χ3n) is 8.25. The van der Waals surface area contributed by atoms with E-state index in [-0.39, 0.29) is 29.3 Å². The number of hydrogen-bond acceptors (Lipinski definition) is 7. The summed E-state index contributed by atoms with van der Waals surface area (Å²) in [5, 5.41) is 12.4. The van der Waals surface area contributed by atoms with E-state index in [1.165, 1.54) is 4.57 Å². The van der Waals surface area contributed by atoms with Gasteiger partial charge in [0.25, 0.3) is 11.5 Å². The first-order chi connectivity index (χ1) is 22.4. The first-order valence-corrected chi connectivity index (χ1v) is 15.6. The molecule has 0 aliphatic carbocycles. The van der Waals surface area contributed by atoms with E-state index in [2.05, 4.69) is 26.1 Å². The summed E-state index contributed by atoms with van der Waals surface area (Å²) in [7, 11) is 3.53. The zero-order chi connectivity index (χ0) is 33.9. The summed E-state index contributed by atoms with van der Waals surface area (Å²) in [6, 6.07) is 28.5. The molecule has 0 aliphatic heterocycles. The number of nitrogens with two attached hydrogens (primary N) is 1. The molecule has 0 fully saturated rings. The molecule has 1 heterocycles. The Morgan fingerprint density at radius 1 is 0.957 bits per heavy atom. The normalized spacial score (nSPS) is 11.3. The molecular formula is C38H42N6O3. The van der Waals surface area contributed by atoms with Crippen molar-refractivity contribution in [1.29, 1.82) is 0 Å². The van der Waals surface area contributed by atoms with E-state index < -0.39 is 0 Å². The maximum atomic E-state index is 14.2. The van der Waals surface area contributed by atoms with Crippen LogP contribution in [0.15, 0.2) is 102 Å². The molecule has 242 valence electrons. The van der Waals surface area contributed by atoms with E-state index in [1.807, 2.05) is 104 Å². The van der Waals surface area contributed by atoms with Crippen molar-refractivity contribution in [2.75, 3.05) is 41.0 Å². The van der Waals surface area contributed by atoms with Gasteiger partial charge in [-0.1, -0.05) is 63.2 Å². The number of aliphatic hydroxyl groups excluding tert-OH is 1. The first-order valence-electron chi connectivity index (χ1n) is 15.6. The van der Waals surface area contributed by atoms with Crippen molar-refractivity contribution in [2.45, 2.75) is 33.1 Å². The summed E-state index contributed by atoms with van der Waals surface area (Å²) in [6.45, 7) is 8.84. The minimum atomic E-state index is -0.303. The Hall–Kier alpha value is -5.41. The van der Waals surface area contributed by atoms with E-state index in [0.29, 0.717) is 34.9 Å². The fourth-order valence-electron chi connectivity index (χ4n) is 5.53. The molecule has 1 amide bonds. The molecule has 0 atom stereocenters. The molecule has 0 saturated carbocycles.